The first-order valence-electron chi connectivity index (χ1n) is 3.79. The zero-order valence-electron chi connectivity index (χ0n) is 9.70. The summed E-state index contributed by atoms with van der Waals surface area (Å²) in [5.74, 6) is -3.75. The number of quaternary nitrogens is 1. The average molecular weight is 258 g/mol. The number of rotatable bonds is 3. The molecule has 0 aliphatic rings. The predicted octanol–water partition coefficient (Wildman–Crippen LogP) is -0.294. The molecule has 0 aliphatic heterocycles. The van der Waals surface area contributed by atoms with Crippen molar-refractivity contribution in [3.63, 3.8) is 0 Å². The van der Waals surface area contributed by atoms with Crippen LogP contribution in [0.2, 0.25) is 0 Å². The number of carbonyl (C=O) groups is 3. The molecule has 0 bridgehead atoms. The van der Waals surface area contributed by atoms with E-state index in [1.54, 1.807) is 6.07 Å². The van der Waals surface area contributed by atoms with Crippen molar-refractivity contribution >= 4 is 17.9 Å². The number of carboxylic acid groups (broad SMARTS) is 3. The Hall–Kier alpha value is -2.92. The van der Waals surface area contributed by atoms with Gasteiger partial charge in [-0.1, -0.05) is 13.2 Å². The molecule has 0 radical (unpaired) electrons. The Morgan fingerprint density at radius 3 is 1.39 bits per heavy atom. The van der Waals surface area contributed by atoms with Crippen molar-refractivity contribution in [2.45, 2.75) is 0 Å². The third kappa shape index (κ3) is 74.0. The Balaban J connectivity index is -0.0000000855. The first kappa shape index (κ1) is 24.4. The third-order valence-electron chi connectivity index (χ3n) is 0.626. The zero-order valence-corrected chi connectivity index (χ0v) is 9.70. The first-order valence-corrected chi connectivity index (χ1v) is 3.79. The fourth-order valence-electron chi connectivity index (χ4n) is 0.143. The molecule has 18 heavy (non-hydrogen) atoms. The second-order valence-electron chi connectivity index (χ2n) is 1.87. The molecule has 8 nitrogen and oxygen atoms in total. The van der Waals surface area contributed by atoms with Gasteiger partial charge < -0.3 is 26.3 Å². The van der Waals surface area contributed by atoms with Gasteiger partial charge in [0.25, 0.3) is 0 Å². The summed E-state index contributed by atoms with van der Waals surface area (Å²) in [5, 5.41) is 32.3. The molecule has 0 aromatic carbocycles. The maximum atomic E-state index is 9.55. The fourth-order valence-corrected chi connectivity index (χ4v) is 0.143. The van der Waals surface area contributed by atoms with Gasteiger partial charge in [-0.25, -0.2) is 9.59 Å². The predicted molar refractivity (Wildman–Crippen MR) is 61.4 cm³/mol. The molecule has 0 fully saturated rings. The van der Waals surface area contributed by atoms with E-state index in [0.29, 0.717) is 12.2 Å². The molecule has 0 rings (SSSR count). The summed E-state index contributed by atoms with van der Waals surface area (Å²) >= 11 is 0. The zero-order chi connectivity index (χ0) is 14.3. The largest absolute Gasteiger partial charge is 0.545 e. The highest BCUT2D eigenvalue weighted by atomic mass is 16.4. The lowest BCUT2D eigenvalue weighted by Crippen LogP contribution is -2.17. The molecular weight excluding hydrogens is 244 g/mol. The number of hydrogen-bond acceptors (Lipinski definition) is 5. The molecule has 0 heterocycles. The minimum absolute atomic E-state index is 0. The van der Waals surface area contributed by atoms with Crippen molar-refractivity contribution < 1.29 is 29.7 Å². The van der Waals surface area contributed by atoms with Gasteiger partial charge >= 0.3 is 11.9 Å². The summed E-state index contributed by atoms with van der Waals surface area (Å²) in [6.07, 6.45) is 3.02. The highest BCUT2D eigenvalue weighted by Gasteiger charge is 1.88. The summed E-state index contributed by atoms with van der Waals surface area (Å²) in [6, 6.07) is 1.69. The van der Waals surface area contributed by atoms with E-state index in [1.807, 2.05) is 0 Å². The number of aliphatic carboxylic acids is 3. The number of carboxylic acids is 3. The maximum Gasteiger partial charge on any atom is 0.328 e. The van der Waals surface area contributed by atoms with E-state index in [-0.39, 0.29) is 6.15 Å². The van der Waals surface area contributed by atoms with E-state index in [2.05, 4.69) is 13.2 Å². The fraction of sp³-hybridized carbons (Fsp3) is 0. The van der Waals surface area contributed by atoms with Gasteiger partial charge in [-0.3, -0.25) is 0 Å². The van der Waals surface area contributed by atoms with E-state index in [0.717, 1.165) is 6.08 Å². The molecule has 0 unspecified atom stereocenters. The second kappa shape index (κ2) is 19.6. The van der Waals surface area contributed by atoms with Crippen LogP contribution in [0.15, 0.2) is 37.5 Å². The maximum absolute atomic E-state index is 9.55. The molecule has 6 N–H and O–H groups in total. The lowest BCUT2D eigenvalue weighted by atomic mass is 10.5. The van der Waals surface area contributed by atoms with Gasteiger partial charge in [-0.2, -0.15) is 5.26 Å². The van der Waals surface area contributed by atoms with Gasteiger partial charge in [0.05, 0.1) is 12.0 Å². The minimum Gasteiger partial charge on any atom is -0.545 e. The van der Waals surface area contributed by atoms with Crippen molar-refractivity contribution in [3.8, 4) is 6.07 Å². The molecule has 0 amide bonds. The van der Waals surface area contributed by atoms with Gasteiger partial charge in [0, 0.05) is 18.2 Å². The van der Waals surface area contributed by atoms with Gasteiger partial charge in [-0.05, 0) is 6.08 Å². The summed E-state index contributed by atoms with van der Waals surface area (Å²) in [5.41, 5.74) is 0. The Kier molecular flexibility index (Phi) is 26.5. The Morgan fingerprint density at radius 2 is 1.33 bits per heavy atom. The van der Waals surface area contributed by atoms with Crippen LogP contribution < -0.4 is 11.3 Å². The summed E-state index contributed by atoms with van der Waals surface area (Å²) < 4.78 is 0. The standard InChI is InChI=1S/C4H4O4.C3H3N.C3H4O2.H3N/c5-3(6)1-2-4(7)8;1-2-3-4;1-2-3(4)5;/h1-2H,(H,5,6)(H,7,8);2H,1H2;2H,1H2,(H,4,5);1H3/b2-1-;;;. The molecule has 0 atom stereocenters. The van der Waals surface area contributed by atoms with Crippen LogP contribution in [0.3, 0.4) is 0 Å². The monoisotopic (exact) mass is 258 g/mol. The molecule has 0 saturated carbocycles. The number of nitrogens with zero attached hydrogens (tertiary/aromatic N) is 1. The summed E-state index contributed by atoms with van der Waals surface area (Å²) in [4.78, 5) is 28.2. The van der Waals surface area contributed by atoms with Crippen molar-refractivity contribution in [2.24, 2.45) is 0 Å². The van der Waals surface area contributed by atoms with Gasteiger partial charge in [0.1, 0.15) is 0 Å². The van der Waals surface area contributed by atoms with E-state index in [4.69, 9.17) is 25.4 Å². The lowest BCUT2D eigenvalue weighted by Gasteiger charge is -1.81. The SMILES string of the molecule is C=CC#N.C=CC(=O)[O-].O=C(O)/C=C\C(=O)O.[NH4+]. The van der Waals surface area contributed by atoms with Gasteiger partial charge in [-0.15, -0.1) is 0 Å². The van der Waals surface area contributed by atoms with Crippen molar-refractivity contribution in [2.75, 3.05) is 0 Å². The molecular formula is C10H14N2O6. The number of carbonyl (C=O) groups excluding carboxylic acids is 1. The smallest absolute Gasteiger partial charge is 0.328 e. The Morgan fingerprint density at radius 1 is 1.11 bits per heavy atom. The average Bonchev–Trinajstić information content (AvgIpc) is 2.27. The van der Waals surface area contributed by atoms with Crippen LogP contribution in [-0.4, -0.2) is 28.1 Å². The molecule has 8 heteroatoms. The van der Waals surface area contributed by atoms with Crippen LogP contribution >= 0.6 is 0 Å². The third-order valence-corrected chi connectivity index (χ3v) is 0.626. The van der Waals surface area contributed by atoms with Crippen LogP contribution in [0.25, 0.3) is 0 Å². The molecule has 0 aromatic heterocycles. The van der Waals surface area contributed by atoms with Crippen LogP contribution in [0.5, 0.6) is 0 Å². The van der Waals surface area contributed by atoms with Crippen molar-refractivity contribution in [1.29, 1.82) is 5.26 Å². The molecule has 0 aliphatic carbocycles. The van der Waals surface area contributed by atoms with Gasteiger partial charge in [0.2, 0.25) is 0 Å². The highest BCUT2D eigenvalue weighted by Crippen LogP contribution is 1.70. The lowest BCUT2D eigenvalue weighted by molar-refractivity contribution is -0.297. The normalized spacial score (nSPS) is 6.83. The summed E-state index contributed by atoms with van der Waals surface area (Å²) in [7, 11) is 0. The number of allylic oxidation sites excluding steroid dienone is 1. The van der Waals surface area contributed by atoms with Crippen molar-refractivity contribution in [1.82, 2.24) is 6.15 Å². The van der Waals surface area contributed by atoms with Crippen LogP contribution in [0.4, 0.5) is 0 Å². The van der Waals surface area contributed by atoms with Gasteiger partial charge in [0.15, 0.2) is 0 Å². The molecule has 0 spiro atoms. The van der Waals surface area contributed by atoms with E-state index in [9.17, 15) is 9.59 Å². The Labute approximate surface area is 103 Å². The summed E-state index contributed by atoms with van der Waals surface area (Å²) in [6.45, 7) is 6.02. The topological polar surface area (TPSA) is 175 Å². The second-order valence-corrected chi connectivity index (χ2v) is 1.87. The minimum atomic E-state index is -1.26. The van der Waals surface area contributed by atoms with Crippen LogP contribution in [0.1, 0.15) is 0 Å². The Bertz CT molecular complexity index is 338. The van der Waals surface area contributed by atoms with Crippen LogP contribution in [0, 0.1) is 11.3 Å². The van der Waals surface area contributed by atoms with Crippen molar-refractivity contribution in [3.05, 3.63) is 37.5 Å². The van der Waals surface area contributed by atoms with E-state index >= 15 is 0 Å². The van der Waals surface area contributed by atoms with E-state index < -0.39 is 17.9 Å². The first-order chi connectivity index (χ1) is 7.81. The highest BCUT2D eigenvalue weighted by molar-refractivity contribution is 5.89. The quantitative estimate of drug-likeness (QED) is 0.459. The van der Waals surface area contributed by atoms with E-state index in [1.165, 1.54) is 6.08 Å². The number of hydrogen-bond donors (Lipinski definition) is 3. The van der Waals surface area contributed by atoms with Crippen LogP contribution in [-0.2, 0) is 14.4 Å². The number of nitriles is 1. The molecule has 0 aromatic rings. The molecule has 100 valence electrons. The molecule has 0 saturated heterocycles.